The van der Waals surface area contributed by atoms with Crippen molar-refractivity contribution in [1.29, 1.82) is 0 Å². The van der Waals surface area contributed by atoms with Gasteiger partial charge in [-0.3, -0.25) is 71.9 Å². The van der Waals surface area contributed by atoms with E-state index in [9.17, 15) is 67.7 Å². The van der Waals surface area contributed by atoms with Crippen molar-refractivity contribution in [3.63, 3.8) is 0 Å². The second kappa shape index (κ2) is 44.3. The summed E-state index contributed by atoms with van der Waals surface area (Å²) in [7, 11) is 9.39. The standard InChI is InChI=1S/C90H144FN11O22/c1-28-30-31-54(15)75(124-86(119)123-47-122-71(108)35-34-70(107)121-46-68(105)90(120)55(16)42-61-60-33-32-58-43-59(103)36-37-87(58,19)89(60,91)67(104)44-88(61,90)20)74-79(112)94-62(29-2)81(114)96(21)45-69(106)97(22)63(38-48(3)4)78(111)95-72(52(11)12)84(117)98(23)64(39-49(5)6)77(110)92-56(17)76(109)93-57(18)80(113)99(24)65(40-50(7)8)82(115)100(25)66(41-51(9)10)83(116)101(26)73(53(13)14)85(118)102(74)27/h28,30,36-37,43,48-57,60-67,72-75,104,120H,29,31-35,38-42,44-47H2,1-27H3,(H,92,110)(H,93,109)(H,94,112)(H,95,111)/b30-28+/t54-,55-,56?,57?,60?,61?,62?,63+,64?,65?,66?,67+,72?,73?,74?,75?,87+,88+,89+,90+/m1/s1. The third kappa shape index (κ3) is 23.9. The number of esters is 2. The van der Waals surface area contributed by atoms with Crippen LogP contribution in [-0.2, 0) is 90.9 Å². The lowest BCUT2D eigenvalue weighted by atomic mass is 9.44. The molecule has 0 spiro atoms. The zero-order valence-corrected chi connectivity index (χ0v) is 78.3. The van der Waals surface area contributed by atoms with E-state index in [1.807, 2.05) is 55.4 Å². The van der Waals surface area contributed by atoms with Gasteiger partial charge in [-0.1, -0.05) is 135 Å². The summed E-state index contributed by atoms with van der Waals surface area (Å²) in [6.45, 7) is 31.0. The number of nitrogens with zero attached hydrogens (tertiary/aromatic N) is 7. The molecule has 124 heavy (non-hydrogen) atoms. The van der Waals surface area contributed by atoms with Crippen LogP contribution in [0.1, 0.15) is 216 Å². The number of fused-ring (bicyclic) bond motifs is 5. The molecule has 3 saturated carbocycles. The minimum Gasteiger partial charge on any atom is -0.458 e. The summed E-state index contributed by atoms with van der Waals surface area (Å²) >= 11 is 0. The molecule has 33 nitrogen and oxygen atoms in total. The Kier molecular flexibility index (Phi) is 37.6. The summed E-state index contributed by atoms with van der Waals surface area (Å²) in [6, 6.07) is -13.8. The highest BCUT2D eigenvalue weighted by molar-refractivity contribution is 6.02. The maximum absolute atomic E-state index is 17.8. The van der Waals surface area contributed by atoms with Crippen molar-refractivity contribution in [2.45, 2.75) is 299 Å². The lowest BCUT2D eigenvalue weighted by molar-refractivity contribution is -0.220. The lowest BCUT2D eigenvalue weighted by Crippen LogP contribution is -2.69. The fraction of sp³-hybridized carbons (Fsp3) is 0.756. The van der Waals surface area contributed by atoms with Gasteiger partial charge in [-0.05, 0) is 157 Å². The van der Waals surface area contributed by atoms with Gasteiger partial charge in [-0.15, -0.1) is 0 Å². The lowest BCUT2D eigenvalue weighted by Gasteiger charge is -2.62. The third-order valence-corrected chi connectivity index (χ3v) is 26.2. The van der Waals surface area contributed by atoms with Crippen molar-refractivity contribution in [2.24, 2.45) is 70.0 Å². The molecule has 4 aliphatic carbocycles. The van der Waals surface area contributed by atoms with Gasteiger partial charge < -0.3 is 84.7 Å². The molecule has 5 aliphatic rings. The van der Waals surface area contributed by atoms with E-state index in [1.54, 1.807) is 81.4 Å². The van der Waals surface area contributed by atoms with Crippen LogP contribution in [0.3, 0.4) is 0 Å². The third-order valence-electron chi connectivity index (χ3n) is 26.2. The minimum atomic E-state index is -2.24. The van der Waals surface area contributed by atoms with Crippen molar-refractivity contribution in [3.8, 4) is 0 Å². The molecular weight excluding hydrogens is 1610 g/mol. The van der Waals surface area contributed by atoms with Crippen molar-refractivity contribution >= 4 is 94.6 Å². The van der Waals surface area contributed by atoms with E-state index in [-0.39, 0.29) is 87.2 Å². The van der Waals surface area contributed by atoms with Gasteiger partial charge >= 0.3 is 18.1 Å². The first-order valence-electron chi connectivity index (χ1n) is 43.9. The van der Waals surface area contributed by atoms with Gasteiger partial charge in [0.15, 0.2) is 18.1 Å². The first-order valence-corrected chi connectivity index (χ1v) is 43.9. The Morgan fingerprint density at radius 1 is 0.581 bits per heavy atom. The predicted octanol–water partition coefficient (Wildman–Crippen LogP) is 6.17. The Hall–Kier alpha value is -9.21. The maximum Gasteiger partial charge on any atom is 0.511 e. The smallest absolute Gasteiger partial charge is 0.458 e. The van der Waals surface area contributed by atoms with Gasteiger partial charge in [0.1, 0.15) is 72.1 Å². The highest BCUT2D eigenvalue weighted by Gasteiger charge is 2.76. The number of hydrogen-bond acceptors (Lipinski definition) is 22. The fourth-order valence-corrected chi connectivity index (χ4v) is 18.9. The van der Waals surface area contributed by atoms with Crippen LogP contribution in [0.4, 0.5) is 9.18 Å². The van der Waals surface area contributed by atoms with Crippen molar-refractivity contribution < 1.29 is 110 Å². The van der Waals surface area contributed by atoms with E-state index < -0.39 is 252 Å². The number of aliphatic hydroxyl groups excluding tert-OH is 1. The van der Waals surface area contributed by atoms with E-state index >= 15 is 23.6 Å². The van der Waals surface area contributed by atoms with Crippen LogP contribution in [0.25, 0.3) is 0 Å². The normalized spacial score (nSPS) is 31.3. The number of likely N-dealkylation sites (N-methyl/N-ethyl adjacent to an activating group) is 7. The number of alkyl halides is 1. The summed E-state index contributed by atoms with van der Waals surface area (Å²) in [5.74, 6) is -17.5. The molecule has 1 heterocycles. The van der Waals surface area contributed by atoms with E-state index in [0.29, 0.717) is 12.0 Å². The number of hydrogen-bond donors (Lipinski definition) is 6. The van der Waals surface area contributed by atoms with Gasteiger partial charge in [-0.25, -0.2) is 9.18 Å². The van der Waals surface area contributed by atoms with E-state index in [0.717, 1.165) is 19.6 Å². The Morgan fingerprint density at radius 3 is 1.61 bits per heavy atom. The molecule has 698 valence electrons. The second-order valence-corrected chi connectivity index (χ2v) is 38.0. The van der Waals surface area contributed by atoms with Crippen LogP contribution in [-0.4, -0.2) is 292 Å². The number of Topliss-reactive ketones (excluding diaryl/α,β-unsaturated/α-hetero) is 1. The molecule has 0 aromatic rings. The maximum atomic E-state index is 17.8. The predicted molar refractivity (Wildman–Crippen MR) is 458 cm³/mol. The van der Waals surface area contributed by atoms with Crippen molar-refractivity contribution in [2.75, 3.05) is 69.3 Å². The van der Waals surface area contributed by atoms with Crippen LogP contribution in [0.15, 0.2) is 36.0 Å². The van der Waals surface area contributed by atoms with Gasteiger partial charge in [0.25, 0.3) is 0 Å². The Labute approximate surface area is 731 Å². The average molecular weight is 1750 g/mol. The summed E-state index contributed by atoms with van der Waals surface area (Å²) in [6.07, 6.45) is 1.80. The molecule has 0 bridgehead atoms. The number of carbonyl (C=O) groups is 16. The molecule has 20 atom stereocenters. The summed E-state index contributed by atoms with van der Waals surface area (Å²) in [5.41, 5.74) is -6.58. The van der Waals surface area contributed by atoms with Gasteiger partial charge in [0.2, 0.25) is 77.6 Å². The van der Waals surface area contributed by atoms with Crippen molar-refractivity contribution in [1.82, 2.24) is 55.6 Å². The quantitative estimate of drug-likeness (QED) is 0.0272. The topological polar surface area (TPSA) is 421 Å². The largest absolute Gasteiger partial charge is 0.511 e. The number of ether oxygens (including phenoxy) is 4. The van der Waals surface area contributed by atoms with Gasteiger partial charge in [0.05, 0.1) is 25.5 Å². The Balaban J connectivity index is 1.52. The molecule has 1 saturated heterocycles. The number of ketones is 2. The van der Waals surface area contributed by atoms with Crippen LogP contribution in [0, 0.1) is 70.0 Å². The van der Waals surface area contributed by atoms with E-state index in [1.165, 1.54) is 96.1 Å². The average Bonchev–Trinajstić information content (AvgIpc) is 1.69. The second-order valence-electron chi connectivity index (χ2n) is 38.0. The molecule has 4 fully saturated rings. The molecule has 0 aromatic heterocycles. The summed E-state index contributed by atoms with van der Waals surface area (Å²) in [5, 5.41) is 35.2. The SMILES string of the molecule is C/C=C/C[C@@H](C)C(OC(=O)OCOC(=O)CCC(=O)OCC(=O)[C@@]1(O)[C@H](C)CC2C3CCC4=CC(=O)C=C[C@]4(C)[C@@]3(F)[C@@H](O)C[C@@]21C)C1C(=O)NC(CC)C(=O)N(C)CC(=O)N(C)[C@@H](CC(C)C)C(=O)NC(C(C)C)C(=O)N(C)C(CC(C)C)C(=O)NC(C)C(=O)NC(C)C(=O)N(C)C(CC(C)C)C(=O)N(C)C(CC(C)C)C(=O)N(C)C(C(C)C)C(=O)N1C. The first kappa shape index (κ1) is 105. The number of amides is 11. The molecule has 1 aliphatic heterocycles. The summed E-state index contributed by atoms with van der Waals surface area (Å²) < 4.78 is 39.7. The Morgan fingerprint density at radius 2 is 1.08 bits per heavy atom. The van der Waals surface area contributed by atoms with Crippen LogP contribution in [0.5, 0.6) is 0 Å². The number of halogens is 1. The monoisotopic (exact) mass is 1750 g/mol. The zero-order valence-electron chi connectivity index (χ0n) is 78.3. The number of aliphatic hydroxyl groups is 2. The number of carbonyl (C=O) groups excluding carboxylic acids is 16. The molecule has 0 radical (unpaired) electrons. The Bertz CT molecular complexity index is 4000. The molecule has 5 rings (SSSR count). The minimum absolute atomic E-state index is 0.0185. The molecular formula is C90H144FN11O22. The fourth-order valence-electron chi connectivity index (χ4n) is 18.9. The molecule has 0 aromatic carbocycles. The molecule has 34 heteroatoms. The first-order chi connectivity index (χ1) is 57.5. The molecule has 12 unspecified atom stereocenters. The van der Waals surface area contributed by atoms with Gasteiger partial charge in [-0.2, -0.15) is 0 Å². The van der Waals surface area contributed by atoms with E-state index in [4.69, 9.17) is 18.9 Å². The van der Waals surface area contributed by atoms with E-state index in [2.05, 4.69) is 21.3 Å². The summed E-state index contributed by atoms with van der Waals surface area (Å²) in [4.78, 5) is 240. The van der Waals surface area contributed by atoms with Crippen LogP contribution >= 0.6 is 0 Å². The highest BCUT2D eigenvalue weighted by atomic mass is 19.1. The molecule has 11 amide bonds. The molecule has 6 N–H and O–H groups in total. The highest BCUT2D eigenvalue weighted by Crippen LogP contribution is 2.71. The van der Waals surface area contributed by atoms with Gasteiger partial charge in [0, 0.05) is 66.1 Å². The zero-order chi connectivity index (χ0) is 94.4. The van der Waals surface area contributed by atoms with Crippen LogP contribution in [0.2, 0.25) is 0 Å². The number of nitrogens with one attached hydrogen (secondary N) is 4. The number of allylic oxidation sites excluding steroid dienone is 6. The van der Waals surface area contributed by atoms with Crippen molar-refractivity contribution in [3.05, 3.63) is 36.0 Å². The number of rotatable bonds is 24. The van der Waals surface area contributed by atoms with Crippen LogP contribution < -0.4 is 21.3 Å².